The molecule has 136 valence electrons. The Bertz CT molecular complexity index is 287. The van der Waals surface area contributed by atoms with Crippen LogP contribution in [0.1, 0.15) is 90.9 Å². The molecule has 1 aliphatic heterocycles. The van der Waals surface area contributed by atoms with E-state index in [1.165, 1.54) is 77.4 Å². The molecular weight excluding hydrogens is 284 g/mol. The fraction of sp³-hybridized carbons (Fsp3) is 0.950. The molecule has 23 heavy (non-hydrogen) atoms. The summed E-state index contributed by atoms with van der Waals surface area (Å²) in [6, 6.07) is 0. The van der Waals surface area contributed by atoms with Crippen LogP contribution in [0, 0.1) is 5.92 Å². The SMILES string of the molecule is CCCCCCCCNC(=O)CCCC(C)CN1CCCCC1. The van der Waals surface area contributed by atoms with Crippen molar-refractivity contribution in [2.75, 3.05) is 26.2 Å². The van der Waals surface area contributed by atoms with E-state index in [0.717, 1.165) is 25.3 Å². The normalized spacial score (nSPS) is 17.1. The van der Waals surface area contributed by atoms with Crippen molar-refractivity contribution in [3.8, 4) is 0 Å². The third-order valence-electron chi connectivity index (χ3n) is 4.97. The minimum Gasteiger partial charge on any atom is -0.356 e. The van der Waals surface area contributed by atoms with Crippen LogP contribution in [-0.2, 0) is 4.79 Å². The van der Waals surface area contributed by atoms with Gasteiger partial charge in [-0.1, -0.05) is 52.4 Å². The van der Waals surface area contributed by atoms with Crippen LogP contribution in [0.25, 0.3) is 0 Å². The molecule has 3 heteroatoms. The van der Waals surface area contributed by atoms with Crippen molar-refractivity contribution in [3.05, 3.63) is 0 Å². The molecule has 1 N–H and O–H groups in total. The van der Waals surface area contributed by atoms with E-state index >= 15 is 0 Å². The van der Waals surface area contributed by atoms with Crippen LogP contribution in [0.15, 0.2) is 0 Å². The molecule has 0 radical (unpaired) electrons. The highest BCUT2D eigenvalue weighted by atomic mass is 16.1. The van der Waals surface area contributed by atoms with Gasteiger partial charge in [0.2, 0.25) is 5.91 Å². The Kier molecular flexibility index (Phi) is 12.3. The van der Waals surface area contributed by atoms with Crippen molar-refractivity contribution in [1.82, 2.24) is 10.2 Å². The summed E-state index contributed by atoms with van der Waals surface area (Å²) in [5, 5.41) is 3.08. The quantitative estimate of drug-likeness (QED) is 0.496. The van der Waals surface area contributed by atoms with E-state index in [2.05, 4.69) is 24.1 Å². The highest BCUT2D eigenvalue weighted by molar-refractivity contribution is 5.75. The van der Waals surface area contributed by atoms with Crippen LogP contribution in [0.5, 0.6) is 0 Å². The largest absolute Gasteiger partial charge is 0.356 e. The summed E-state index contributed by atoms with van der Waals surface area (Å²) in [4.78, 5) is 14.4. The Hall–Kier alpha value is -0.570. The summed E-state index contributed by atoms with van der Waals surface area (Å²) in [5.41, 5.74) is 0. The average Bonchev–Trinajstić information content (AvgIpc) is 2.55. The zero-order chi connectivity index (χ0) is 16.8. The Morgan fingerprint density at radius 2 is 1.70 bits per heavy atom. The summed E-state index contributed by atoms with van der Waals surface area (Å²) in [6.45, 7) is 9.23. The summed E-state index contributed by atoms with van der Waals surface area (Å²) >= 11 is 0. The number of hydrogen-bond acceptors (Lipinski definition) is 2. The van der Waals surface area contributed by atoms with Crippen LogP contribution >= 0.6 is 0 Å². The monoisotopic (exact) mass is 324 g/mol. The second-order valence-electron chi connectivity index (χ2n) is 7.48. The molecule has 0 aliphatic carbocycles. The predicted octanol–water partition coefficient (Wildman–Crippen LogP) is 4.76. The van der Waals surface area contributed by atoms with E-state index in [1.54, 1.807) is 0 Å². The smallest absolute Gasteiger partial charge is 0.219 e. The van der Waals surface area contributed by atoms with Crippen LogP contribution in [-0.4, -0.2) is 37.0 Å². The van der Waals surface area contributed by atoms with Gasteiger partial charge < -0.3 is 10.2 Å². The number of rotatable bonds is 13. The highest BCUT2D eigenvalue weighted by Gasteiger charge is 2.13. The molecule has 0 saturated carbocycles. The first-order chi connectivity index (χ1) is 11.2. The van der Waals surface area contributed by atoms with Crippen LogP contribution in [0.4, 0.5) is 0 Å². The van der Waals surface area contributed by atoms with Crippen molar-refractivity contribution in [3.63, 3.8) is 0 Å². The first-order valence-corrected chi connectivity index (χ1v) is 10.2. The number of likely N-dealkylation sites (tertiary alicyclic amines) is 1. The Morgan fingerprint density at radius 1 is 1.00 bits per heavy atom. The van der Waals surface area contributed by atoms with Gasteiger partial charge in [-0.2, -0.15) is 0 Å². The van der Waals surface area contributed by atoms with Gasteiger partial charge in [0, 0.05) is 19.5 Å². The van der Waals surface area contributed by atoms with Gasteiger partial charge in [-0.15, -0.1) is 0 Å². The lowest BCUT2D eigenvalue weighted by Crippen LogP contribution is -2.33. The fourth-order valence-electron chi connectivity index (χ4n) is 3.51. The molecule has 1 rings (SSSR count). The van der Waals surface area contributed by atoms with E-state index < -0.39 is 0 Å². The number of amides is 1. The van der Waals surface area contributed by atoms with Gasteiger partial charge in [-0.25, -0.2) is 0 Å². The molecule has 1 fully saturated rings. The molecule has 1 heterocycles. The molecule has 1 atom stereocenters. The third-order valence-corrected chi connectivity index (χ3v) is 4.97. The lowest BCUT2D eigenvalue weighted by molar-refractivity contribution is -0.121. The molecule has 0 aromatic rings. The molecular formula is C20H40N2O. The lowest BCUT2D eigenvalue weighted by Gasteiger charge is -2.29. The van der Waals surface area contributed by atoms with Gasteiger partial charge in [-0.05, 0) is 51.1 Å². The van der Waals surface area contributed by atoms with Crippen molar-refractivity contribution >= 4 is 5.91 Å². The van der Waals surface area contributed by atoms with Crippen molar-refractivity contribution in [2.24, 2.45) is 5.92 Å². The first-order valence-electron chi connectivity index (χ1n) is 10.2. The first kappa shape index (κ1) is 20.5. The average molecular weight is 325 g/mol. The zero-order valence-electron chi connectivity index (χ0n) is 15.7. The van der Waals surface area contributed by atoms with E-state index in [0.29, 0.717) is 6.42 Å². The topological polar surface area (TPSA) is 32.3 Å². The van der Waals surface area contributed by atoms with Gasteiger partial charge in [0.1, 0.15) is 0 Å². The van der Waals surface area contributed by atoms with Crippen LogP contribution in [0.3, 0.4) is 0 Å². The van der Waals surface area contributed by atoms with E-state index in [4.69, 9.17) is 0 Å². The minimum atomic E-state index is 0.253. The van der Waals surface area contributed by atoms with Crippen LogP contribution in [0.2, 0.25) is 0 Å². The van der Waals surface area contributed by atoms with Crippen molar-refractivity contribution < 1.29 is 4.79 Å². The number of carbonyl (C=O) groups excluding carboxylic acids is 1. The molecule has 0 spiro atoms. The zero-order valence-corrected chi connectivity index (χ0v) is 15.7. The second kappa shape index (κ2) is 13.8. The third kappa shape index (κ3) is 11.6. The second-order valence-corrected chi connectivity index (χ2v) is 7.48. The Labute approximate surface area is 144 Å². The molecule has 1 unspecified atom stereocenters. The maximum atomic E-state index is 11.8. The van der Waals surface area contributed by atoms with Gasteiger partial charge in [0.25, 0.3) is 0 Å². The number of hydrogen-bond donors (Lipinski definition) is 1. The van der Waals surface area contributed by atoms with E-state index in [-0.39, 0.29) is 5.91 Å². The van der Waals surface area contributed by atoms with Gasteiger partial charge in [0.05, 0.1) is 0 Å². The van der Waals surface area contributed by atoms with Gasteiger partial charge in [0.15, 0.2) is 0 Å². The molecule has 1 aliphatic rings. The van der Waals surface area contributed by atoms with E-state index in [1.807, 2.05) is 0 Å². The predicted molar refractivity (Wildman–Crippen MR) is 99.7 cm³/mol. The van der Waals surface area contributed by atoms with Crippen LogP contribution < -0.4 is 5.32 Å². The number of nitrogens with one attached hydrogen (secondary N) is 1. The number of unbranched alkanes of at least 4 members (excludes halogenated alkanes) is 5. The maximum Gasteiger partial charge on any atom is 0.219 e. The van der Waals surface area contributed by atoms with E-state index in [9.17, 15) is 4.79 Å². The molecule has 1 amide bonds. The Balaban J connectivity index is 1.90. The summed E-state index contributed by atoms with van der Waals surface area (Å²) in [5.74, 6) is 0.975. The minimum absolute atomic E-state index is 0.253. The highest BCUT2D eigenvalue weighted by Crippen LogP contribution is 2.14. The standard InChI is InChI=1S/C20H40N2O/c1-3-4-5-6-7-9-15-21-20(23)14-12-13-19(2)18-22-16-10-8-11-17-22/h19H,3-18H2,1-2H3,(H,21,23). The van der Waals surface area contributed by atoms with Crippen molar-refractivity contribution in [2.45, 2.75) is 90.9 Å². The molecule has 3 nitrogen and oxygen atoms in total. The van der Waals surface area contributed by atoms with Gasteiger partial charge >= 0.3 is 0 Å². The maximum absolute atomic E-state index is 11.8. The number of piperidine rings is 1. The fourth-order valence-corrected chi connectivity index (χ4v) is 3.51. The summed E-state index contributed by atoms with van der Waals surface area (Å²) in [6.07, 6.45) is 14.8. The van der Waals surface area contributed by atoms with Gasteiger partial charge in [-0.3, -0.25) is 4.79 Å². The molecule has 0 aromatic heterocycles. The van der Waals surface area contributed by atoms with Crippen molar-refractivity contribution in [1.29, 1.82) is 0 Å². The molecule has 0 bridgehead atoms. The number of carbonyl (C=O) groups is 1. The molecule has 1 saturated heterocycles. The number of nitrogens with zero attached hydrogens (tertiary/aromatic N) is 1. The molecule has 0 aromatic carbocycles. The summed E-state index contributed by atoms with van der Waals surface area (Å²) < 4.78 is 0. The summed E-state index contributed by atoms with van der Waals surface area (Å²) in [7, 11) is 0. The Morgan fingerprint density at radius 3 is 2.43 bits per heavy atom. The lowest BCUT2D eigenvalue weighted by atomic mass is 10.0.